The molecule has 24 heavy (non-hydrogen) atoms. The zero-order valence-corrected chi connectivity index (χ0v) is 14.2. The molecule has 1 fully saturated rings. The molecule has 0 radical (unpaired) electrons. The lowest BCUT2D eigenvalue weighted by atomic mass is 10.2. The number of H-pyrrole nitrogens is 1. The first-order valence-electron chi connectivity index (χ1n) is 7.67. The van der Waals surface area contributed by atoms with E-state index in [0.717, 1.165) is 11.5 Å². The van der Waals surface area contributed by atoms with Crippen molar-refractivity contribution in [1.82, 2.24) is 25.0 Å². The SMILES string of the molecule is Cc1nc(-c2cc(-c3ccc(C)o3)[nH]n2)n([C@@H]2CCS(=O)(=O)C2)n1. The van der Waals surface area contributed by atoms with Gasteiger partial charge < -0.3 is 4.42 Å². The number of nitrogens with one attached hydrogen (secondary N) is 1. The first-order chi connectivity index (χ1) is 11.4. The number of hydrogen-bond donors (Lipinski definition) is 1. The average molecular weight is 347 g/mol. The van der Waals surface area contributed by atoms with Crippen molar-refractivity contribution in [3.05, 3.63) is 29.8 Å². The van der Waals surface area contributed by atoms with Gasteiger partial charge in [0.2, 0.25) is 0 Å². The molecule has 0 aromatic carbocycles. The first-order valence-corrected chi connectivity index (χ1v) is 9.49. The number of aryl methyl sites for hydroxylation is 2. The molecule has 0 unspecified atom stereocenters. The summed E-state index contributed by atoms with van der Waals surface area (Å²) in [5.74, 6) is 2.95. The van der Waals surface area contributed by atoms with Crippen LogP contribution < -0.4 is 0 Å². The molecule has 1 aliphatic rings. The minimum atomic E-state index is -3.00. The van der Waals surface area contributed by atoms with Crippen molar-refractivity contribution < 1.29 is 12.8 Å². The first kappa shape index (κ1) is 15.1. The molecule has 0 aliphatic carbocycles. The van der Waals surface area contributed by atoms with E-state index in [1.165, 1.54) is 0 Å². The molecule has 1 saturated heterocycles. The molecular formula is C15H17N5O3S. The van der Waals surface area contributed by atoms with E-state index in [-0.39, 0.29) is 17.5 Å². The molecule has 0 spiro atoms. The minimum Gasteiger partial charge on any atom is -0.460 e. The third-order valence-electron chi connectivity index (χ3n) is 4.10. The Morgan fingerprint density at radius 2 is 2.17 bits per heavy atom. The van der Waals surface area contributed by atoms with Crippen LogP contribution in [0.4, 0.5) is 0 Å². The fourth-order valence-corrected chi connectivity index (χ4v) is 4.66. The second kappa shape index (κ2) is 5.30. The van der Waals surface area contributed by atoms with Gasteiger partial charge in [-0.2, -0.15) is 10.2 Å². The van der Waals surface area contributed by atoms with E-state index < -0.39 is 9.84 Å². The highest BCUT2D eigenvalue weighted by molar-refractivity contribution is 7.91. The number of aromatic nitrogens is 5. The van der Waals surface area contributed by atoms with Crippen LogP contribution in [0, 0.1) is 13.8 Å². The van der Waals surface area contributed by atoms with Gasteiger partial charge in [0.25, 0.3) is 0 Å². The summed E-state index contributed by atoms with van der Waals surface area (Å²) < 4.78 is 30.8. The van der Waals surface area contributed by atoms with Crippen molar-refractivity contribution in [2.24, 2.45) is 0 Å². The molecule has 3 aromatic heterocycles. The maximum atomic E-state index is 11.8. The zero-order valence-electron chi connectivity index (χ0n) is 13.4. The maximum absolute atomic E-state index is 11.8. The van der Waals surface area contributed by atoms with Gasteiger partial charge >= 0.3 is 0 Å². The molecule has 1 N–H and O–H groups in total. The van der Waals surface area contributed by atoms with Crippen molar-refractivity contribution >= 4 is 9.84 Å². The number of hydrogen-bond acceptors (Lipinski definition) is 6. The fourth-order valence-electron chi connectivity index (χ4n) is 2.97. The van der Waals surface area contributed by atoms with E-state index in [2.05, 4.69) is 20.3 Å². The Hall–Kier alpha value is -2.42. The largest absolute Gasteiger partial charge is 0.460 e. The quantitative estimate of drug-likeness (QED) is 0.775. The number of aromatic amines is 1. The van der Waals surface area contributed by atoms with Crippen LogP contribution in [0.15, 0.2) is 22.6 Å². The summed E-state index contributed by atoms with van der Waals surface area (Å²) in [6.45, 7) is 3.66. The Morgan fingerprint density at radius 1 is 1.33 bits per heavy atom. The minimum absolute atomic E-state index is 0.0947. The van der Waals surface area contributed by atoms with Gasteiger partial charge in [-0.15, -0.1) is 0 Å². The lowest BCUT2D eigenvalue weighted by Crippen LogP contribution is -2.14. The lowest BCUT2D eigenvalue weighted by molar-refractivity contribution is 0.501. The van der Waals surface area contributed by atoms with Gasteiger partial charge in [-0.05, 0) is 38.5 Å². The van der Waals surface area contributed by atoms with Crippen molar-refractivity contribution in [3.63, 3.8) is 0 Å². The van der Waals surface area contributed by atoms with Gasteiger partial charge in [-0.25, -0.2) is 18.1 Å². The summed E-state index contributed by atoms with van der Waals surface area (Å²) in [4.78, 5) is 4.43. The van der Waals surface area contributed by atoms with Crippen LogP contribution in [0.3, 0.4) is 0 Å². The van der Waals surface area contributed by atoms with Crippen molar-refractivity contribution in [3.8, 4) is 23.0 Å². The van der Waals surface area contributed by atoms with Crippen LogP contribution in [-0.4, -0.2) is 44.9 Å². The smallest absolute Gasteiger partial charge is 0.179 e. The van der Waals surface area contributed by atoms with Crippen LogP contribution in [0.25, 0.3) is 23.0 Å². The van der Waals surface area contributed by atoms with E-state index in [0.29, 0.717) is 29.5 Å². The topological polar surface area (TPSA) is 107 Å². The van der Waals surface area contributed by atoms with E-state index in [4.69, 9.17) is 4.42 Å². The third-order valence-corrected chi connectivity index (χ3v) is 5.85. The van der Waals surface area contributed by atoms with Crippen LogP contribution in [0.5, 0.6) is 0 Å². The molecule has 4 rings (SSSR count). The molecule has 4 heterocycles. The van der Waals surface area contributed by atoms with Crippen LogP contribution >= 0.6 is 0 Å². The lowest BCUT2D eigenvalue weighted by Gasteiger charge is -2.10. The molecule has 9 heteroatoms. The molecule has 1 aliphatic heterocycles. The van der Waals surface area contributed by atoms with E-state index in [1.54, 1.807) is 11.6 Å². The van der Waals surface area contributed by atoms with Crippen molar-refractivity contribution in [1.29, 1.82) is 0 Å². The molecule has 3 aromatic rings. The summed E-state index contributed by atoms with van der Waals surface area (Å²) in [6, 6.07) is 5.39. The molecule has 0 bridgehead atoms. The Kier molecular flexibility index (Phi) is 3.34. The highest BCUT2D eigenvalue weighted by atomic mass is 32.2. The number of furan rings is 1. The monoisotopic (exact) mass is 347 g/mol. The number of nitrogens with zero attached hydrogens (tertiary/aromatic N) is 4. The van der Waals surface area contributed by atoms with Crippen LogP contribution in [0.1, 0.15) is 24.0 Å². The Labute approximate surface area is 138 Å². The third kappa shape index (κ3) is 2.64. The summed E-state index contributed by atoms with van der Waals surface area (Å²) in [5, 5.41) is 11.6. The fraction of sp³-hybridized carbons (Fsp3) is 0.400. The van der Waals surface area contributed by atoms with Crippen molar-refractivity contribution in [2.45, 2.75) is 26.3 Å². The predicted molar refractivity (Wildman–Crippen MR) is 87.1 cm³/mol. The molecule has 0 saturated carbocycles. The predicted octanol–water partition coefficient (Wildman–Crippen LogP) is 1.90. The second-order valence-electron chi connectivity index (χ2n) is 6.06. The molecule has 1 atom stereocenters. The second-order valence-corrected chi connectivity index (χ2v) is 8.29. The van der Waals surface area contributed by atoms with Gasteiger partial charge in [0, 0.05) is 0 Å². The highest BCUT2D eigenvalue weighted by Gasteiger charge is 2.32. The standard InChI is InChI=1S/C15H17N5O3S/c1-9-3-4-14(23-9)12-7-13(18-17-12)15-16-10(2)19-20(15)11-5-6-24(21,22)8-11/h3-4,7,11H,5-6,8H2,1-2H3,(H,17,18)/t11-/m1/s1. The van der Waals surface area contributed by atoms with Gasteiger partial charge in [0.15, 0.2) is 21.4 Å². The molecule has 8 nitrogen and oxygen atoms in total. The number of rotatable bonds is 3. The van der Waals surface area contributed by atoms with Gasteiger partial charge in [0.05, 0.1) is 17.5 Å². The summed E-state index contributed by atoms with van der Waals surface area (Å²) in [5.41, 5.74) is 1.35. The maximum Gasteiger partial charge on any atom is 0.179 e. The summed E-state index contributed by atoms with van der Waals surface area (Å²) in [6.07, 6.45) is 0.548. The molecule has 126 valence electrons. The van der Waals surface area contributed by atoms with Crippen molar-refractivity contribution in [2.75, 3.05) is 11.5 Å². The van der Waals surface area contributed by atoms with E-state index in [1.807, 2.05) is 25.1 Å². The summed E-state index contributed by atoms with van der Waals surface area (Å²) >= 11 is 0. The average Bonchev–Trinajstić information content (AvgIpc) is 3.24. The zero-order chi connectivity index (χ0) is 16.9. The molecular weight excluding hydrogens is 330 g/mol. The van der Waals surface area contributed by atoms with E-state index >= 15 is 0 Å². The Balaban J connectivity index is 1.71. The van der Waals surface area contributed by atoms with Gasteiger partial charge in [-0.1, -0.05) is 0 Å². The van der Waals surface area contributed by atoms with Gasteiger partial charge in [-0.3, -0.25) is 5.10 Å². The van der Waals surface area contributed by atoms with E-state index in [9.17, 15) is 8.42 Å². The molecule has 0 amide bonds. The van der Waals surface area contributed by atoms with Crippen LogP contribution in [0.2, 0.25) is 0 Å². The Morgan fingerprint density at radius 3 is 2.83 bits per heavy atom. The van der Waals surface area contributed by atoms with Crippen LogP contribution in [-0.2, 0) is 9.84 Å². The highest BCUT2D eigenvalue weighted by Crippen LogP contribution is 2.29. The normalized spacial score (nSPS) is 19.8. The van der Waals surface area contributed by atoms with Gasteiger partial charge in [0.1, 0.15) is 23.0 Å². The Bertz CT molecular complexity index is 998. The number of sulfone groups is 1. The summed E-state index contributed by atoms with van der Waals surface area (Å²) in [7, 11) is -3.00.